The van der Waals surface area contributed by atoms with Crippen LogP contribution in [0.15, 0.2) is 54.6 Å². The van der Waals surface area contributed by atoms with Crippen molar-refractivity contribution in [2.75, 3.05) is 6.61 Å². The van der Waals surface area contributed by atoms with Gasteiger partial charge in [-0.2, -0.15) is 0 Å². The molecule has 1 N–H and O–H groups in total. The largest absolute Gasteiger partial charge is 0.493 e. The third-order valence-corrected chi connectivity index (χ3v) is 6.19. The molecule has 1 aliphatic heterocycles. The standard InChI is InChI=1S/C26H21Cl2FO5/c27-17-6-9-22(29)16(12-17)2-1-3-23(30)15-4-7-18(8-5-15)34-25-14-24-20(13-21(25)28)19(26(31)32)10-11-33-24/h4-9,12-14,19H,1-3,10-11H2,(H,31,32). The smallest absolute Gasteiger partial charge is 0.311 e. The molecule has 0 saturated carbocycles. The average molecular weight is 503 g/mol. The number of aryl methyl sites for hydroxylation is 1. The van der Waals surface area contributed by atoms with E-state index in [2.05, 4.69) is 0 Å². The Labute approximate surface area is 206 Å². The molecule has 1 aliphatic rings. The second-order valence-corrected chi connectivity index (χ2v) is 8.83. The van der Waals surface area contributed by atoms with E-state index in [1.165, 1.54) is 12.1 Å². The van der Waals surface area contributed by atoms with E-state index in [1.807, 2.05) is 0 Å². The van der Waals surface area contributed by atoms with E-state index < -0.39 is 11.9 Å². The van der Waals surface area contributed by atoms with Gasteiger partial charge in [0.25, 0.3) is 0 Å². The Hall–Kier alpha value is -3.09. The highest BCUT2D eigenvalue weighted by Gasteiger charge is 2.29. The van der Waals surface area contributed by atoms with Gasteiger partial charge in [-0.25, -0.2) is 4.39 Å². The van der Waals surface area contributed by atoms with Crippen LogP contribution >= 0.6 is 23.2 Å². The number of Topliss-reactive ketones (excluding diaryl/α,β-unsaturated/α-hetero) is 1. The summed E-state index contributed by atoms with van der Waals surface area (Å²) in [6, 6.07) is 14.1. The molecule has 1 unspecified atom stereocenters. The van der Waals surface area contributed by atoms with Gasteiger partial charge in [0.1, 0.15) is 23.1 Å². The van der Waals surface area contributed by atoms with E-state index in [9.17, 15) is 19.1 Å². The number of ether oxygens (including phenoxy) is 2. The summed E-state index contributed by atoms with van der Waals surface area (Å²) in [6.07, 6.45) is 1.56. The Morgan fingerprint density at radius 1 is 1.09 bits per heavy atom. The number of carboxylic acids is 1. The van der Waals surface area contributed by atoms with Gasteiger partial charge in [-0.1, -0.05) is 23.2 Å². The van der Waals surface area contributed by atoms with Crippen LogP contribution in [-0.2, 0) is 11.2 Å². The summed E-state index contributed by atoms with van der Waals surface area (Å²) in [4.78, 5) is 24.0. The predicted molar refractivity (Wildman–Crippen MR) is 127 cm³/mol. The lowest BCUT2D eigenvalue weighted by Crippen LogP contribution is -2.20. The van der Waals surface area contributed by atoms with Crippen molar-refractivity contribution in [1.82, 2.24) is 0 Å². The second-order valence-electron chi connectivity index (χ2n) is 7.99. The van der Waals surface area contributed by atoms with Crippen molar-refractivity contribution in [2.24, 2.45) is 0 Å². The number of carboxylic acid groups (broad SMARTS) is 1. The number of fused-ring (bicyclic) bond motifs is 1. The number of hydrogen-bond acceptors (Lipinski definition) is 4. The maximum Gasteiger partial charge on any atom is 0.311 e. The number of carbonyl (C=O) groups is 2. The van der Waals surface area contributed by atoms with E-state index in [4.69, 9.17) is 32.7 Å². The van der Waals surface area contributed by atoms with Crippen LogP contribution in [-0.4, -0.2) is 23.5 Å². The zero-order chi connectivity index (χ0) is 24.2. The van der Waals surface area contributed by atoms with Gasteiger partial charge in [-0.05, 0) is 73.4 Å². The van der Waals surface area contributed by atoms with Crippen LogP contribution in [0.2, 0.25) is 10.0 Å². The molecule has 34 heavy (non-hydrogen) atoms. The van der Waals surface area contributed by atoms with Gasteiger partial charge >= 0.3 is 5.97 Å². The molecule has 0 bridgehead atoms. The average Bonchev–Trinajstić information content (AvgIpc) is 2.81. The SMILES string of the molecule is O=C(CCCc1cc(Cl)ccc1F)c1ccc(Oc2cc3c(cc2Cl)C(C(=O)O)CCO3)cc1. The van der Waals surface area contributed by atoms with Crippen molar-refractivity contribution in [1.29, 1.82) is 0 Å². The number of carbonyl (C=O) groups excluding carboxylic acids is 1. The molecular weight excluding hydrogens is 482 g/mol. The van der Waals surface area contributed by atoms with E-state index in [1.54, 1.807) is 42.5 Å². The van der Waals surface area contributed by atoms with Gasteiger partial charge in [-0.3, -0.25) is 9.59 Å². The Morgan fingerprint density at radius 3 is 2.59 bits per heavy atom. The van der Waals surface area contributed by atoms with E-state index >= 15 is 0 Å². The molecule has 0 fully saturated rings. The lowest BCUT2D eigenvalue weighted by Gasteiger charge is -2.24. The van der Waals surface area contributed by atoms with Crippen molar-refractivity contribution in [2.45, 2.75) is 31.6 Å². The number of halogens is 3. The normalized spacial score (nSPS) is 14.7. The Balaban J connectivity index is 1.38. The third-order valence-electron chi connectivity index (χ3n) is 5.66. The summed E-state index contributed by atoms with van der Waals surface area (Å²) >= 11 is 12.2. The van der Waals surface area contributed by atoms with Crippen LogP contribution < -0.4 is 9.47 Å². The number of rotatable bonds is 8. The van der Waals surface area contributed by atoms with E-state index in [0.29, 0.717) is 64.8 Å². The summed E-state index contributed by atoms with van der Waals surface area (Å²) in [5.41, 5.74) is 1.53. The highest BCUT2D eigenvalue weighted by Crippen LogP contribution is 2.41. The fourth-order valence-electron chi connectivity index (χ4n) is 3.88. The van der Waals surface area contributed by atoms with E-state index in [0.717, 1.165) is 0 Å². The molecular formula is C26H21Cl2FO5. The molecule has 0 amide bonds. The van der Waals surface area contributed by atoms with Crippen molar-refractivity contribution < 1.29 is 28.6 Å². The first-order valence-electron chi connectivity index (χ1n) is 10.8. The van der Waals surface area contributed by atoms with Crippen LogP contribution in [0.1, 0.15) is 46.7 Å². The number of aliphatic carboxylic acids is 1. The fourth-order valence-corrected chi connectivity index (χ4v) is 4.28. The molecule has 0 aliphatic carbocycles. The van der Waals surface area contributed by atoms with Crippen molar-refractivity contribution in [3.8, 4) is 17.2 Å². The number of benzene rings is 3. The number of hydrogen-bond donors (Lipinski definition) is 1. The minimum Gasteiger partial charge on any atom is -0.493 e. The van der Waals surface area contributed by atoms with Gasteiger partial charge in [-0.15, -0.1) is 0 Å². The van der Waals surface area contributed by atoms with Gasteiger partial charge in [0, 0.05) is 28.6 Å². The monoisotopic (exact) mass is 502 g/mol. The first kappa shape index (κ1) is 24.0. The quantitative estimate of drug-likeness (QED) is 0.333. The van der Waals surface area contributed by atoms with Crippen LogP contribution in [0.5, 0.6) is 17.2 Å². The maximum absolute atomic E-state index is 13.8. The zero-order valence-electron chi connectivity index (χ0n) is 18.0. The molecule has 3 aromatic carbocycles. The van der Waals surface area contributed by atoms with Crippen LogP contribution in [0, 0.1) is 5.82 Å². The molecule has 176 valence electrons. The lowest BCUT2D eigenvalue weighted by atomic mass is 9.93. The van der Waals surface area contributed by atoms with Gasteiger partial charge in [0.2, 0.25) is 0 Å². The molecule has 4 rings (SSSR count). The molecule has 0 radical (unpaired) electrons. The van der Waals surface area contributed by atoms with Crippen molar-refractivity contribution >= 4 is 35.0 Å². The highest BCUT2D eigenvalue weighted by atomic mass is 35.5. The first-order chi connectivity index (χ1) is 16.3. The molecule has 3 aromatic rings. The van der Waals surface area contributed by atoms with Gasteiger partial charge in [0.05, 0.1) is 17.5 Å². The molecule has 0 spiro atoms. The highest BCUT2D eigenvalue weighted by molar-refractivity contribution is 6.32. The van der Waals surface area contributed by atoms with Gasteiger partial charge < -0.3 is 14.6 Å². The fraction of sp³-hybridized carbons (Fsp3) is 0.231. The minimum absolute atomic E-state index is 0.0612. The molecule has 0 saturated heterocycles. The molecule has 0 aromatic heterocycles. The third kappa shape index (κ3) is 5.51. The summed E-state index contributed by atoms with van der Waals surface area (Å²) in [5.74, 6) is -0.764. The lowest BCUT2D eigenvalue weighted by molar-refractivity contribution is -0.139. The molecule has 5 nitrogen and oxygen atoms in total. The Kier molecular flexibility index (Phi) is 7.39. The molecule has 8 heteroatoms. The van der Waals surface area contributed by atoms with Crippen molar-refractivity contribution in [3.63, 3.8) is 0 Å². The van der Waals surface area contributed by atoms with Crippen LogP contribution in [0.3, 0.4) is 0 Å². The maximum atomic E-state index is 13.8. The summed E-state index contributed by atoms with van der Waals surface area (Å²) in [5, 5.41) is 10.1. The second kappa shape index (κ2) is 10.5. The van der Waals surface area contributed by atoms with Crippen LogP contribution in [0.4, 0.5) is 4.39 Å². The summed E-state index contributed by atoms with van der Waals surface area (Å²) in [6.45, 7) is 0.297. The van der Waals surface area contributed by atoms with Crippen LogP contribution in [0.25, 0.3) is 0 Å². The predicted octanol–water partition coefficient (Wildman–Crippen LogP) is 7.08. The topological polar surface area (TPSA) is 72.8 Å². The molecule has 1 heterocycles. The minimum atomic E-state index is -0.924. The summed E-state index contributed by atoms with van der Waals surface area (Å²) in [7, 11) is 0. The number of ketones is 1. The summed E-state index contributed by atoms with van der Waals surface area (Å²) < 4.78 is 25.3. The van der Waals surface area contributed by atoms with Gasteiger partial charge in [0.15, 0.2) is 5.78 Å². The Morgan fingerprint density at radius 2 is 1.85 bits per heavy atom. The first-order valence-corrected chi connectivity index (χ1v) is 11.5. The molecule has 1 atom stereocenters. The zero-order valence-corrected chi connectivity index (χ0v) is 19.5. The Bertz CT molecular complexity index is 1230. The van der Waals surface area contributed by atoms with Crippen molar-refractivity contribution in [3.05, 3.63) is 87.2 Å². The van der Waals surface area contributed by atoms with E-state index in [-0.39, 0.29) is 23.0 Å².